The molecule has 4 heteroatoms. The van der Waals surface area contributed by atoms with E-state index in [1.165, 1.54) is 12.8 Å². The first-order valence-electron chi connectivity index (χ1n) is 8.22. The van der Waals surface area contributed by atoms with Crippen LogP contribution in [-0.4, -0.2) is 31.3 Å². The molecule has 1 aliphatic carbocycles. The lowest BCUT2D eigenvalue weighted by atomic mass is 9.74. The minimum Gasteiger partial charge on any atom is -0.376 e. The van der Waals surface area contributed by atoms with Crippen molar-refractivity contribution in [2.24, 2.45) is 17.8 Å². The third-order valence-corrected chi connectivity index (χ3v) is 4.85. The Morgan fingerprint density at radius 3 is 2.75 bits per heavy atom. The van der Waals surface area contributed by atoms with E-state index in [1.54, 1.807) is 0 Å². The zero-order valence-electron chi connectivity index (χ0n) is 13.2. The SMILES string of the molecule is CC(C)[C@H]1CC[C@H](C)C[C@@H]1NC(=O)NCC1CCCO1. The van der Waals surface area contributed by atoms with Crippen molar-refractivity contribution in [3.8, 4) is 0 Å². The number of rotatable bonds is 4. The summed E-state index contributed by atoms with van der Waals surface area (Å²) in [6.07, 6.45) is 6.02. The average molecular weight is 282 g/mol. The number of carbonyl (C=O) groups excluding carboxylic acids is 1. The molecule has 20 heavy (non-hydrogen) atoms. The third kappa shape index (κ3) is 4.37. The van der Waals surface area contributed by atoms with Gasteiger partial charge < -0.3 is 15.4 Å². The van der Waals surface area contributed by atoms with E-state index in [9.17, 15) is 4.79 Å². The van der Waals surface area contributed by atoms with Gasteiger partial charge in [-0.3, -0.25) is 0 Å². The zero-order chi connectivity index (χ0) is 14.5. The second-order valence-electron chi connectivity index (χ2n) is 6.92. The van der Waals surface area contributed by atoms with Crippen LogP contribution in [-0.2, 0) is 4.74 Å². The summed E-state index contributed by atoms with van der Waals surface area (Å²) in [7, 11) is 0. The largest absolute Gasteiger partial charge is 0.376 e. The quantitative estimate of drug-likeness (QED) is 0.833. The molecule has 1 saturated carbocycles. The van der Waals surface area contributed by atoms with Crippen LogP contribution in [0.2, 0.25) is 0 Å². The number of nitrogens with one attached hydrogen (secondary N) is 2. The van der Waals surface area contributed by atoms with Gasteiger partial charge in [-0.05, 0) is 43.4 Å². The van der Waals surface area contributed by atoms with Crippen LogP contribution >= 0.6 is 0 Å². The van der Waals surface area contributed by atoms with E-state index in [1.807, 2.05) is 0 Å². The fourth-order valence-electron chi connectivity index (χ4n) is 3.60. The van der Waals surface area contributed by atoms with Crippen LogP contribution < -0.4 is 10.6 Å². The van der Waals surface area contributed by atoms with Crippen LogP contribution in [0, 0.1) is 17.8 Å². The van der Waals surface area contributed by atoms with E-state index in [0.29, 0.717) is 30.3 Å². The van der Waals surface area contributed by atoms with Gasteiger partial charge in [0.25, 0.3) is 0 Å². The lowest BCUT2D eigenvalue weighted by Crippen LogP contribution is -2.50. The molecule has 2 fully saturated rings. The standard InChI is InChI=1S/C16H30N2O2/c1-11(2)14-7-6-12(3)9-15(14)18-16(19)17-10-13-5-4-8-20-13/h11-15H,4-10H2,1-3H3,(H2,17,18,19)/t12-,13?,14+,15-/m0/s1. The van der Waals surface area contributed by atoms with Crippen LogP contribution in [0.5, 0.6) is 0 Å². The second-order valence-corrected chi connectivity index (χ2v) is 6.92. The second kappa shape index (κ2) is 7.30. The topological polar surface area (TPSA) is 50.4 Å². The highest BCUT2D eigenvalue weighted by Crippen LogP contribution is 2.33. The number of hydrogen-bond donors (Lipinski definition) is 2. The van der Waals surface area contributed by atoms with Gasteiger partial charge in [-0.15, -0.1) is 0 Å². The number of amides is 2. The summed E-state index contributed by atoms with van der Waals surface area (Å²) < 4.78 is 5.53. The van der Waals surface area contributed by atoms with Crippen molar-refractivity contribution in [1.29, 1.82) is 0 Å². The Morgan fingerprint density at radius 2 is 2.10 bits per heavy atom. The predicted octanol–water partition coefficient (Wildman–Crippen LogP) is 2.93. The molecular formula is C16H30N2O2. The minimum atomic E-state index is -0.0229. The van der Waals surface area contributed by atoms with Gasteiger partial charge >= 0.3 is 6.03 Å². The highest BCUT2D eigenvalue weighted by molar-refractivity contribution is 5.74. The molecule has 0 bridgehead atoms. The first kappa shape index (κ1) is 15.6. The Morgan fingerprint density at radius 1 is 1.30 bits per heavy atom. The Bertz CT molecular complexity index is 314. The predicted molar refractivity (Wildman–Crippen MR) is 80.6 cm³/mol. The molecular weight excluding hydrogens is 252 g/mol. The van der Waals surface area contributed by atoms with Crippen LogP contribution in [0.1, 0.15) is 52.9 Å². The normalized spacial score (nSPS) is 34.2. The van der Waals surface area contributed by atoms with Crippen LogP contribution in [0.15, 0.2) is 0 Å². The molecule has 1 heterocycles. The number of urea groups is 1. The summed E-state index contributed by atoms with van der Waals surface area (Å²) in [6, 6.07) is 0.300. The number of hydrogen-bond acceptors (Lipinski definition) is 2. The Balaban J connectivity index is 1.77. The molecule has 2 rings (SSSR count). The highest BCUT2D eigenvalue weighted by Gasteiger charge is 2.31. The fraction of sp³-hybridized carbons (Fsp3) is 0.938. The van der Waals surface area contributed by atoms with Gasteiger partial charge in [-0.1, -0.05) is 27.2 Å². The van der Waals surface area contributed by atoms with Crippen molar-refractivity contribution < 1.29 is 9.53 Å². The molecule has 2 amide bonds. The molecule has 116 valence electrons. The van der Waals surface area contributed by atoms with E-state index in [-0.39, 0.29) is 12.1 Å². The molecule has 2 aliphatic rings. The minimum absolute atomic E-state index is 0.0229. The van der Waals surface area contributed by atoms with Gasteiger partial charge in [0.2, 0.25) is 0 Å². The van der Waals surface area contributed by atoms with Gasteiger partial charge in [0.15, 0.2) is 0 Å². The fourth-order valence-corrected chi connectivity index (χ4v) is 3.60. The van der Waals surface area contributed by atoms with Crippen molar-refractivity contribution in [2.45, 2.75) is 65.0 Å². The molecule has 0 aromatic heterocycles. The average Bonchev–Trinajstić information content (AvgIpc) is 2.89. The van der Waals surface area contributed by atoms with Crippen molar-refractivity contribution >= 4 is 6.03 Å². The first-order valence-corrected chi connectivity index (χ1v) is 8.22. The van der Waals surface area contributed by atoms with Crippen LogP contribution in [0.3, 0.4) is 0 Å². The Kier molecular flexibility index (Phi) is 5.70. The molecule has 0 aromatic carbocycles. The van der Waals surface area contributed by atoms with Gasteiger partial charge in [-0.25, -0.2) is 4.79 Å². The maximum Gasteiger partial charge on any atom is 0.315 e. The Labute approximate surface area is 123 Å². The van der Waals surface area contributed by atoms with Gasteiger partial charge in [0.1, 0.15) is 0 Å². The molecule has 0 aromatic rings. The molecule has 1 saturated heterocycles. The molecule has 0 spiro atoms. The van der Waals surface area contributed by atoms with Gasteiger partial charge in [0.05, 0.1) is 6.10 Å². The smallest absolute Gasteiger partial charge is 0.315 e. The molecule has 4 nitrogen and oxygen atoms in total. The third-order valence-electron chi connectivity index (χ3n) is 4.85. The van der Waals surface area contributed by atoms with E-state index in [0.717, 1.165) is 25.9 Å². The zero-order valence-corrected chi connectivity index (χ0v) is 13.2. The summed E-state index contributed by atoms with van der Waals surface area (Å²) in [5.41, 5.74) is 0. The van der Waals surface area contributed by atoms with Crippen molar-refractivity contribution in [3.63, 3.8) is 0 Å². The van der Waals surface area contributed by atoms with Gasteiger partial charge in [0, 0.05) is 19.2 Å². The molecule has 0 radical (unpaired) electrons. The van der Waals surface area contributed by atoms with Crippen molar-refractivity contribution in [2.75, 3.05) is 13.2 Å². The summed E-state index contributed by atoms with van der Waals surface area (Å²) >= 11 is 0. The van der Waals surface area contributed by atoms with Crippen molar-refractivity contribution in [1.82, 2.24) is 10.6 Å². The molecule has 2 N–H and O–H groups in total. The lowest BCUT2D eigenvalue weighted by molar-refractivity contribution is 0.110. The highest BCUT2D eigenvalue weighted by atomic mass is 16.5. The number of carbonyl (C=O) groups is 1. The summed E-state index contributed by atoms with van der Waals surface area (Å²) in [5, 5.41) is 6.17. The Hall–Kier alpha value is -0.770. The lowest BCUT2D eigenvalue weighted by Gasteiger charge is -2.37. The maximum absolute atomic E-state index is 12.1. The van der Waals surface area contributed by atoms with Gasteiger partial charge in [-0.2, -0.15) is 0 Å². The molecule has 1 unspecified atom stereocenters. The molecule has 1 aliphatic heterocycles. The summed E-state index contributed by atoms with van der Waals surface area (Å²) in [5.74, 6) is 1.96. The first-order chi connectivity index (χ1) is 9.56. The van der Waals surface area contributed by atoms with Crippen LogP contribution in [0.25, 0.3) is 0 Å². The monoisotopic (exact) mass is 282 g/mol. The van der Waals surface area contributed by atoms with Crippen LogP contribution in [0.4, 0.5) is 4.79 Å². The maximum atomic E-state index is 12.1. The van der Waals surface area contributed by atoms with E-state index in [4.69, 9.17) is 4.74 Å². The van der Waals surface area contributed by atoms with E-state index < -0.39 is 0 Å². The summed E-state index contributed by atoms with van der Waals surface area (Å²) in [6.45, 7) is 8.29. The van der Waals surface area contributed by atoms with E-state index >= 15 is 0 Å². The van der Waals surface area contributed by atoms with E-state index in [2.05, 4.69) is 31.4 Å². The summed E-state index contributed by atoms with van der Waals surface area (Å²) in [4.78, 5) is 12.1. The van der Waals surface area contributed by atoms with Crippen molar-refractivity contribution in [3.05, 3.63) is 0 Å². The molecule has 4 atom stereocenters. The number of ether oxygens (including phenoxy) is 1.